The Bertz CT molecular complexity index is 689. The maximum atomic E-state index is 12.8. The molecule has 1 N–H and O–H groups in total. The molecule has 5 nitrogen and oxygen atoms in total. The van der Waals surface area contributed by atoms with Crippen LogP contribution in [-0.4, -0.2) is 36.5 Å². The van der Waals surface area contributed by atoms with Crippen molar-refractivity contribution in [1.82, 2.24) is 10.2 Å². The highest BCUT2D eigenvalue weighted by Crippen LogP contribution is 2.32. The highest BCUT2D eigenvalue weighted by Gasteiger charge is 2.36. The van der Waals surface area contributed by atoms with Gasteiger partial charge in [-0.3, -0.25) is 9.69 Å². The number of rotatable bonds is 8. The second-order valence-corrected chi connectivity index (χ2v) is 8.17. The van der Waals surface area contributed by atoms with Crippen LogP contribution in [0.4, 0.5) is 0 Å². The first-order valence-electron chi connectivity index (χ1n) is 10.5. The van der Waals surface area contributed by atoms with E-state index in [0.717, 1.165) is 32.2 Å². The van der Waals surface area contributed by atoms with Crippen LogP contribution < -0.4 is 10.9 Å². The fourth-order valence-corrected chi connectivity index (χ4v) is 4.30. The van der Waals surface area contributed by atoms with Crippen molar-refractivity contribution in [1.29, 1.82) is 0 Å². The zero-order valence-corrected chi connectivity index (χ0v) is 17.7. The van der Waals surface area contributed by atoms with E-state index < -0.39 is 5.63 Å². The van der Waals surface area contributed by atoms with Crippen LogP contribution in [0.25, 0.3) is 0 Å². The van der Waals surface area contributed by atoms with Gasteiger partial charge in [-0.05, 0) is 51.4 Å². The van der Waals surface area contributed by atoms with Gasteiger partial charge in [0.15, 0.2) is 0 Å². The van der Waals surface area contributed by atoms with Gasteiger partial charge in [0.05, 0.1) is 0 Å². The minimum atomic E-state index is -0.521. The van der Waals surface area contributed by atoms with Crippen LogP contribution in [0.1, 0.15) is 93.3 Å². The van der Waals surface area contributed by atoms with E-state index in [0.29, 0.717) is 17.9 Å². The Kier molecular flexibility index (Phi) is 7.66. The fourth-order valence-electron chi connectivity index (χ4n) is 4.30. The van der Waals surface area contributed by atoms with Gasteiger partial charge >= 0.3 is 5.63 Å². The van der Waals surface area contributed by atoms with E-state index in [9.17, 15) is 9.59 Å². The van der Waals surface area contributed by atoms with Crippen LogP contribution in [0, 0.1) is 6.92 Å². The second-order valence-electron chi connectivity index (χ2n) is 8.17. The molecule has 1 saturated carbocycles. The second kappa shape index (κ2) is 9.54. The fraction of sp³-hybridized carbons (Fsp3) is 0.727. The van der Waals surface area contributed by atoms with Gasteiger partial charge in [-0.2, -0.15) is 0 Å². The number of nitrogens with zero attached hydrogens (tertiary/aromatic N) is 1. The minimum Gasteiger partial charge on any atom is -0.427 e. The molecule has 1 heterocycles. The number of hydrogen-bond donors (Lipinski definition) is 1. The summed E-state index contributed by atoms with van der Waals surface area (Å²) in [6.45, 7) is 9.64. The molecule has 0 bridgehead atoms. The predicted octanol–water partition coefficient (Wildman–Crippen LogP) is 4.24. The summed E-state index contributed by atoms with van der Waals surface area (Å²) in [7, 11) is 2.13. The molecule has 1 unspecified atom stereocenters. The Labute approximate surface area is 163 Å². The van der Waals surface area contributed by atoms with Gasteiger partial charge in [0.25, 0.3) is 5.91 Å². The van der Waals surface area contributed by atoms with E-state index in [1.54, 1.807) is 0 Å². The number of hydrogen-bond acceptors (Lipinski definition) is 4. The summed E-state index contributed by atoms with van der Waals surface area (Å²) in [5, 5.41) is 3.04. The molecule has 1 amide bonds. The van der Waals surface area contributed by atoms with Crippen LogP contribution >= 0.6 is 0 Å². The quantitative estimate of drug-likeness (QED) is 0.737. The Hall–Kier alpha value is -1.62. The van der Waals surface area contributed by atoms with Crippen molar-refractivity contribution >= 4 is 5.91 Å². The first-order valence-corrected chi connectivity index (χ1v) is 10.5. The molecule has 1 fully saturated rings. The predicted molar refractivity (Wildman–Crippen MR) is 109 cm³/mol. The molecule has 0 aliphatic heterocycles. The van der Waals surface area contributed by atoms with Crippen LogP contribution in [-0.2, 0) is 0 Å². The molecule has 27 heavy (non-hydrogen) atoms. The summed E-state index contributed by atoms with van der Waals surface area (Å²) in [5.41, 5.74) is 0.314. The highest BCUT2D eigenvalue weighted by molar-refractivity contribution is 5.95. The lowest BCUT2D eigenvalue weighted by atomic mass is 9.80. The summed E-state index contributed by atoms with van der Waals surface area (Å²) in [5.74, 6) is 0.540. The van der Waals surface area contributed by atoms with Crippen LogP contribution in [0.3, 0.4) is 0 Å². The van der Waals surface area contributed by atoms with Crippen LogP contribution in [0.15, 0.2) is 15.3 Å². The van der Waals surface area contributed by atoms with Crippen molar-refractivity contribution in [2.24, 2.45) is 0 Å². The van der Waals surface area contributed by atoms with E-state index in [-0.39, 0.29) is 22.9 Å². The molecular weight excluding hydrogens is 340 g/mol. The van der Waals surface area contributed by atoms with Crippen molar-refractivity contribution in [3.05, 3.63) is 33.4 Å². The largest absolute Gasteiger partial charge is 0.427 e. The third-order valence-electron chi connectivity index (χ3n) is 6.25. The number of likely N-dealkylation sites (N-methyl/N-ethyl adjacent to an activating group) is 1. The third-order valence-corrected chi connectivity index (χ3v) is 6.25. The van der Waals surface area contributed by atoms with Gasteiger partial charge in [0.2, 0.25) is 0 Å². The highest BCUT2D eigenvalue weighted by atomic mass is 16.4. The van der Waals surface area contributed by atoms with Crippen molar-refractivity contribution in [2.75, 3.05) is 20.1 Å². The van der Waals surface area contributed by atoms with E-state index in [1.165, 1.54) is 19.3 Å². The van der Waals surface area contributed by atoms with E-state index in [1.807, 2.05) is 19.9 Å². The first-order chi connectivity index (χ1) is 12.8. The minimum absolute atomic E-state index is 0.00760. The average molecular weight is 377 g/mol. The molecule has 0 radical (unpaired) electrons. The SMILES string of the molecule is CCCC(C)c1cc(C)c(C(=O)NCC2(N(C)CC)CCCCC2)c(=O)o1. The Morgan fingerprint density at radius 1 is 1.30 bits per heavy atom. The summed E-state index contributed by atoms with van der Waals surface area (Å²) in [4.78, 5) is 27.6. The summed E-state index contributed by atoms with van der Waals surface area (Å²) >= 11 is 0. The number of nitrogens with one attached hydrogen (secondary N) is 1. The van der Waals surface area contributed by atoms with Crippen molar-refractivity contribution in [2.45, 2.75) is 84.1 Å². The third kappa shape index (κ3) is 5.01. The average Bonchev–Trinajstić information content (AvgIpc) is 2.66. The molecule has 152 valence electrons. The Balaban J connectivity index is 2.16. The van der Waals surface area contributed by atoms with Gasteiger partial charge < -0.3 is 9.73 Å². The van der Waals surface area contributed by atoms with Crippen LogP contribution in [0.2, 0.25) is 0 Å². The molecule has 0 saturated heterocycles. The van der Waals surface area contributed by atoms with E-state index in [4.69, 9.17) is 4.42 Å². The summed E-state index contributed by atoms with van der Waals surface area (Å²) in [6.07, 6.45) is 7.78. The van der Waals surface area contributed by atoms with Crippen molar-refractivity contribution < 1.29 is 9.21 Å². The molecule has 1 aromatic heterocycles. The molecule has 2 rings (SSSR count). The monoisotopic (exact) mass is 376 g/mol. The molecule has 0 aromatic carbocycles. The van der Waals surface area contributed by atoms with Gasteiger partial charge in [0.1, 0.15) is 11.3 Å². The summed E-state index contributed by atoms with van der Waals surface area (Å²) in [6, 6.07) is 1.85. The lowest BCUT2D eigenvalue weighted by Crippen LogP contribution is -2.55. The Morgan fingerprint density at radius 3 is 2.52 bits per heavy atom. The normalized spacial score (nSPS) is 17.7. The molecular formula is C22H36N2O3. The Morgan fingerprint density at radius 2 is 1.96 bits per heavy atom. The molecule has 5 heteroatoms. The van der Waals surface area contributed by atoms with Crippen molar-refractivity contribution in [3.63, 3.8) is 0 Å². The summed E-state index contributed by atoms with van der Waals surface area (Å²) < 4.78 is 5.48. The van der Waals surface area contributed by atoms with Crippen LogP contribution in [0.5, 0.6) is 0 Å². The molecule has 1 atom stereocenters. The number of carbonyl (C=O) groups is 1. The zero-order chi connectivity index (χ0) is 20.0. The molecule has 0 spiro atoms. The lowest BCUT2D eigenvalue weighted by Gasteiger charge is -2.44. The van der Waals surface area contributed by atoms with Crippen molar-refractivity contribution in [3.8, 4) is 0 Å². The van der Waals surface area contributed by atoms with E-state index in [2.05, 4.69) is 31.1 Å². The smallest absolute Gasteiger partial charge is 0.349 e. The van der Waals surface area contributed by atoms with E-state index >= 15 is 0 Å². The molecule has 1 aliphatic rings. The zero-order valence-electron chi connectivity index (χ0n) is 17.7. The maximum Gasteiger partial charge on any atom is 0.349 e. The lowest BCUT2D eigenvalue weighted by molar-refractivity contribution is 0.0697. The van der Waals surface area contributed by atoms with Gasteiger partial charge in [-0.1, -0.05) is 46.5 Å². The maximum absolute atomic E-state index is 12.8. The number of carbonyl (C=O) groups excluding carboxylic acids is 1. The number of aryl methyl sites for hydroxylation is 1. The molecule has 1 aliphatic carbocycles. The number of amides is 1. The topological polar surface area (TPSA) is 62.6 Å². The standard InChI is InChI=1S/C22H36N2O3/c1-6-11-16(3)18-14-17(4)19(21(26)27-18)20(25)23-15-22(24(5)7-2)12-9-8-10-13-22/h14,16H,6-13,15H2,1-5H3,(H,23,25). The van der Waals surface area contributed by atoms with Gasteiger partial charge in [-0.25, -0.2) is 4.79 Å². The van der Waals surface area contributed by atoms with Gasteiger partial charge in [-0.15, -0.1) is 0 Å². The van der Waals surface area contributed by atoms with Gasteiger partial charge in [0, 0.05) is 18.0 Å². The first kappa shape index (κ1) is 21.7. The molecule has 1 aromatic rings.